The van der Waals surface area contributed by atoms with E-state index in [1.807, 2.05) is 6.08 Å². The summed E-state index contributed by atoms with van der Waals surface area (Å²) in [6, 6.07) is 4.67. The Morgan fingerprint density at radius 3 is 2.38 bits per heavy atom. The number of ketones is 1. The highest BCUT2D eigenvalue weighted by Gasteiger charge is 2.75. The van der Waals surface area contributed by atoms with Crippen LogP contribution in [0.15, 0.2) is 36.4 Å². The molecule has 5 rings (SSSR count). The van der Waals surface area contributed by atoms with Gasteiger partial charge in [0.15, 0.2) is 0 Å². The SMILES string of the molecule is CC(C)(C)OC(=O)N1C[C@]2(C[C@H]1C(=O)N[C@@H]1CC=CCCCCC(=O)Nc3ccccc3NC(=O)C1=O)CC21COC1. The molecule has 3 fully saturated rings. The number of likely N-dealkylation sites (tertiary alicyclic amines) is 1. The topological polar surface area (TPSA) is 143 Å². The van der Waals surface area contributed by atoms with Gasteiger partial charge in [0.2, 0.25) is 17.6 Å². The molecule has 0 radical (unpaired) electrons. The standard InChI is InChI=1S/C31H40N4O7/c1-29(2,3)42-28(40)35-17-30(16-31(30)18-41-19-31)15-23(35)26(38)34-22-13-7-5-4-6-8-14-24(36)32-20-11-9-10-12-21(20)33-27(39)25(22)37/h5,7,9-12,22-23H,4,6,8,13-19H2,1-3H3,(H,32,36)(H,33,39)(H,34,38)/t22-,23+,30+/m1/s1. The highest BCUT2D eigenvalue weighted by molar-refractivity contribution is 6.43. The molecule has 2 spiro atoms. The van der Waals surface area contributed by atoms with Gasteiger partial charge in [-0.3, -0.25) is 24.1 Å². The summed E-state index contributed by atoms with van der Waals surface area (Å²) in [4.78, 5) is 67.4. The van der Waals surface area contributed by atoms with Crippen LogP contribution in [-0.4, -0.2) is 71.9 Å². The smallest absolute Gasteiger partial charge is 0.410 e. The molecule has 1 aromatic carbocycles. The van der Waals surface area contributed by atoms with E-state index < -0.39 is 41.4 Å². The van der Waals surface area contributed by atoms with Crippen molar-refractivity contribution >= 4 is 41.0 Å². The molecule has 1 aromatic rings. The second-order valence-electron chi connectivity index (χ2n) is 13.0. The lowest BCUT2D eigenvalue weighted by Gasteiger charge is -2.31. The number of amides is 4. The highest BCUT2D eigenvalue weighted by Crippen LogP contribution is 2.72. The molecule has 3 atom stereocenters. The number of nitrogens with one attached hydrogen (secondary N) is 3. The summed E-state index contributed by atoms with van der Waals surface area (Å²) in [5, 5.41) is 8.18. The Labute approximate surface area is 245 Å². The fourth-order valence-electron chi connectivity index (χ4n) is 6.25. The Bertz CT molecular complexity index is 1300. The van der Waals surface area contributed by atoms with E-state index in [2.05, 4.69) is 16.0 Å². The van der Waals surface area contributed by atoms with E-state index in [4.69, 9.17) is 9.47 Å². The average Bonchev–Trinajstić information content (AvgIpc) is 3.40. The molecule has 4 amide bonds. The maximum absolute atomic E-state index is 13.8. The molecule has 226 valence electrons. The minimum atomic E-state index is -1.14. The summed E-state index contributed by atoms with van der Waals surface area (Å²) in [6.07, 6.45) is 6.97. The lowest BCUT2D eigenvalue weighted by atomic mass is 9.88. The van der Waals surface area contributed by atoms with E-state index in [1.165, 1.54) is 4.90 Å². The van der Waals surface area contributed by atoms with E-state index in [9.17, 15) is 24.0 Å². The van der Waals surface area contributed by atoms with Gasteiger partial charge in [0, 0.05) is 23.8 Å². The number of fused-ring (bicyclic) bond motifs is 2. The van der Waals surface area contributed by atoms with E-state index in [0.717, 1.165) is 12.8 Å². The van der Waals surface area contributed by atoms with Gasteiger partial charge in [-0.05, 0) is 71.4 Å². The van der Waals surface area contributed by atoms with Crippen molar-refractivity contribution in [3.63, 3.8) is 0 Å². The summed E-state index contributed by atoms with van der Waals surface area (Å²) in [5.74, 6) is -2.41. The number of carbonyl (C=O) groups is 5. The Hall–Kier alpha value is -3.73. The summed E-state index contributed by atoms with van der Waals surface area (Å²) in [5.41, 5.74) is -0.309. The molecule has 1 saturated carbocycles. The summed E-state index contributed by atoms with van der Waals surface area (Å²) in [6.45, 7) is 6.91. The second-order valence-corrected chi connectivity index (χ2v) is 13.0. The van der Waals surface area contributed by atoms with E-state index in [-0.39, 0.29) is 28.8 Å². The third kappa shape index (κ3) is 6.21. The monoisotopic (exact) mass is 580 g/mol. The number of anilines is 2. The number of benzene rings is 1. The number of carbonyl (C=O) groups excluding carboxylic acids is 5. The number of hydrogen-bond acceptors (Lipinski definition) is 7. The number of para-hydroxylation sites is 2. The molecule has 4 aliphatic rings. The molecule has 2 saturated heterocycles. The fraction of sp³-hybridized carbons (Fsp3) is 0.581. The first kappa shape index (κ1) is 29.8. The van der Waals surface area contributed by atoms with Crippen molar-refractivity contribution in [3.05, 3.63) is 36.4 Å². The quantitative estimate of drug-likeness (QED) is 0.359. The Morgan fingerprint density at radius 2 is 1.74 bits per heavy atom. The number of rotatable bonds is 2. The molecule has 0 aromatic heterocycles. The van der Waals surface area contributed by atoms with Gasteiger partial charge in [-0.15, -0.1) is 0 Å². The summed E-state index contributed by atoms with van der Waals surface area (Å²) < 4.78 is 11.1. The van der Waals surface area contributed by atoms with Crippen LogP contribution in [0, 0.1) is 10.8 Å². The first-order valence-corrected chi connectivity index (χ1v) is 14.7. The molecule has 42 heavy (non-hydrogen) atoms. The molecule has 1 aliphatic carbocycles. The molecule has 3 heterocycles. The zero-order valence-corrected chi connectivity index (χ0v) is 24.5. The predicted octanol–water partition coefficient (Wildman–Crippen LogP) is 3.55. The molecule has 11 heteroatoms. The van der Waals surface area contributed by atoms with Crippen molar-refractivity contribution < 1.29 is 33.4 Å². The Morgan fingerprint density at radius 1 is 1.02 bits per heavy atom. The fourth-order valence-corrected chi connectivity index (χ4v) is 6.25. The molecule has 11 nitrogen and oxygen atoms in total. The van der Waals surface area contributed by atoms with Crippen molar-refractivity contribution in [3.8, 4) is 0 Å². The van der Waals surface area contributed by atoms with Gasteiger partial charge in [-0.2, -0.15) is 0 Å². The molecular formula is C31H40N4O7. The molecule has 0 unspecified atom stereocenters. The van der Waals surface area contributed by atoms with Crippen LogP contribution in [-0.2, 0) is 28.7 Å². The van der Waals surface area contributed by atoms with Crippen LogP contribution >= 0.6 is 0 Å². The van der Waals surface area contributed by atoms with Crippen LogP contribution < -0.4 is 16.0 Å². The maximum atomic E-state index is 13.8. The minimum Gasteiger partial charge on any atom is -0.444 e. The predicted molar refractivity (Wildman–Crippen MR) is 155 cm³/mol. The number of nitrogens with zero attached hydrogens (tertiary/aromatic N) is 1. The third-order valence-corrected chi connectivity index (χ3v) is 8.67. The third-order valence-electron chi connectivity index (χ3n) is 8.67. The normalized spacial score (nSPS) is 27.7. The van der Waals surface area contributed by atoms with Crippen molar-refractivity contribution in [2.45, 2.75) is 83.4 Å². The van der Waals surface area contributed by atoms with Gasteiger partial charge in [-0.1, -0.05) is 24.3 Å². The van der Waals surface area contributed by atoms with E-state index in [0.29, 0.717) is 51.1 Å². The van der Waals surface area contributed by atoms with Gasteiger partial charge in [0.1, 0.15) is 17.7 Å². The largest absolute Gasteiger partial charge is 0.444 e. The van der Waals surface area contributed by atoms with Crippen molar-refractivity contribution in [1.82, 2.24) is 10.2 Å². The number of ether oxygens (including phenoxy) is 2. The van der Waals surface area contributed by atoms with Crippen molar-refractivity contribution in [2.75, 3.05) is 30.4 Å². The summed E-state index contributed by atoms with van der Waals surface area (Å²) >= 11 is 0. The van der Waals surface area contributed by atoms with Crippen LogP contribution in [0.1, 0.15) is 65.7 Å². The zero-order chi connectivity index (χ0) is 30.1. The zero-order valence-electron chi connectivity index (χ0n) is 24.5. The van der Waals surface area contributed by atoms with Crippen LogP contribution in [0.25, 0.3) is 0 Å². The number of hydrogen-bond donors (Lipinski definition) is 3. The van der Waals surface area contributed by atoms with Crippen LogP contribution in [0.4, 0.5) is 16.2 Å². The van der Waals surface area contributed by atoms with Gasteiger partial charge < -0.3 is 25.4 Å². The van der Waals surface area contributed by atoms with Crippen molar-refractivity contribution in [1.29, 1.82) is 0 Å². The van der Waals surface area contributed by atoms with Gasteiger partial charge in [0.25, 0.3) is 5.91 Å². The van der Waals surface area contributed by atoms with Gasteiger partial charge in [0.05, 0.1) is 24.6 Å². The molecule has 3 aliphatic heterocycles. The van der Waals surface area contributed by atoms with Crippen molar-refractivity contribution in [2.24, 2.45) is 10.8 Å². The van der Waals surface area contributed by atoms with E-state index >= 15 is 0 Å². The van der Waals surface area contributed by atoms with Crippen LogP contribution in [0.3, 0.4) is 0 Å². The average molecular weight is 581 g/mol. The number of allylic oxidation sites excluding steroid dienone is 1. The van der Waals surface area contributed by atoms with E-state index in [1.54, 1.807) is 51.1 Å². The maximum Gasteiger partial charge on any atom is 0.410 e. The lowest BCUT2D eigenvalue weighted by Crippen LogP contribution is -2.53. The molecular weight excluding hydrogens is 540 g/mol. The number of Topliss-reactive ketones (excluding diaryl/α,β-unsaturated/α-hetero) is 1. The first-order valence-electron chi connectivity index (χ1n) is 14.7. The van der Waals surface area contributed by atoms with Crippen LogP contribution in [0.5, 0.6) is 0 Å². The minimum absolute atomic E-state index is 0.0212. The Kier molecular flexibility index (Phi) is 8.15. The highest BCUT2D eigenvalue weighted by atomic mass is 16.6. The van der Waals surface area contributed by atoms with Gasteiger partial charge in [-0.25, -0.2) is 4.79 Å². The van der Waals surface area contributed by atoms with Crippen LogP contribution in [0.2, 0.25) is 0 Å². The lowest BCUT2D eigenvalue weighted by molar-refractivity contribution is -0.137. The van der Waals surface area contributed by atoms with Gasteiger partial charge >= 0.3 is 6.09 Å². The molecule has 3 N–H and O–H groups in total. The summed E-state index contributed by atoms with van der Waals surface area (Å²) in [7, 11) is 0. The Balaban J connectivity index is 1.35. The first-order chi connectivity index (χ1) is 19.9. The molecule has 0 bridgehead atoms. The second kappa shape index (κ2) is 11.5.